The molecule has 1 fully saturated rings. The maximum absolute atomic E-state index is 11.2. The number of hydrogen-bond donors (Lipinski definition) is 1. The quantitative estimate of drug-likeness (QED) is 0.877. The van der Waals surface area contributed by atoms with E-state index in [9.17, 15) is 8.42 Å². The Kier molecular flexibility index (Phi) is 4.24. The van der Waals surface area contributed by atoms with Crippen LogP contribution in [-0.2, 0) is 9.84 Å². The van der Waals surface area contributed by atoms with Gasteiger partial charge in [-0.1, -0.05) is 18.2 Å². The van der Waals surface area contributed by atoms with Crippen LogP contribution in [0.5, 0.6) is 0 Å². The number of benzene rings is 1. The van der Waals surface area contributed by atoms with Crippen LogP contribution in [0.15, 0.2) is 30.3 Å². The molecule has 1 unspecified atom stereocenters. The molecule has 1 heterocycles. The summed E-state index contributed by atoms with van der Waals surface area (Å²) in [5, 5.41) is 3.35. The van der Waals surface area contributed by atoms with Crippen LogP contribution >= 0.6 is 0 Å². The van der Waals surface area contributed by atoms with Crippen molar-refractivity contribution < 1.29 is 8.42 Å². The highest BCUT2D eigenvalue weighted by molar-refractivity contribution is 7.90. The van der Waals surface area contributed by atoms with Crippen molar-refractivity contribution in [3.8, 4) is 0 Å². The van der Waals surface area contributed by atoms with Gasteiger partial charge in [-0.15, -0.1) is 0 Å². The van der Waals surface area contributed by atoms with E-state index in [2.05, 4.69) is 10.2 Å². The van der Waals surface area contributed by atoms with Crippen LogP contribution in [-0.4, -0.2) is 45.1 Å². The molecule has 5 heteroatoms. The van der Waals surface area contributed by atoms with Gasteiger partial charge in [-0.2, -0.15) is 0 Å². The highest BCUT2D eigenvalue weighted by atomic mass is 32.2. The van der Waals surface area contributed by atoms with Gasteiger partial charge < -0.3 is 5.32 Å². The van der Waals surface area contributed by atoms with E-state index < -0.39 is 9.84 Å². The summed E-state index contributed by atoms with van der Waals surface area (Å²) in [5.41, 5.74) is 1.10. The summed E-state index contributed by atoms with van der Waals surface area (Å²) in [6.45, 7) is 2.62. The molecule has 1 atom stereocenters. The Hall–Kier alpha value is -1.07. The largest absolute Gasteiger partial charge is 0.372 e. The van der Waals surface area contributed by atoms with E-state index in [4.69, 9.17) is 0 Å². The first-order chi connectivity index (χ1) is 8.53. The fourth-order valence-corrected chi connectivity index (χ4v) is 3.51. The summed E-state index contributed by atoms with van der Waals surface area (Å²) in [6.07, 6.45) is 2.29. The number of nitrogens with zero attached hydrogens (tertiary/aromatic N) is 1. The van der Waals surface area contributed by atoms with Crippen LogP contribution in [0.2, 0.25) is 0 Å². The molecule has 0 amide bonds. The van der Waals surface area contributed by atoms with E-state index >= 15 is 0 Å². The van der Waals surface area contributed by atoms with Crippen molar-refractivity contribution in [3.05, 3.63) is 30.3 Å². The predicted molar refractivity (Wildman–Crippen MR) is 74.3 cm³/mol. The number of para-hydroxylation sites is 1. The lowest BCUT2D eigenvalue weighted by Gasteiger charge is -2.17. The summed E-state index contributed by atoms with van der Waals surface area (Å²) in [5.74, 6) is 0.604. The van der Waals surface area contributed by atoms with Crippen LogP contribution in [0.3, 0.4) is 0 Å². The monoisotopic (exact) mass is 268 g/mol. The van der Waals surface area contributed by atoms with Gasteiger partial charge in [0.1, 0.15) is 9.84 Å². The molecule has 0 radical (unpaired) electrons. The molecule has 2 rings (SSSR count). The minimum Gasteiger partial charge on any atom is -0.372 e. The van der Waals surface area contributed by atoms with Gasteiger partial charge in [-0.25, -0.2) is 8.42 Å². The first-order valence-corrected chi connectivity index (χ1v) is 8.28. The van der Waals surface area contributed by atoms with Gasteiger partial charge in [0.25, 0.3) is 0 Å². The molecule has 1 N–H and O–H groups in total. The minimum atomic E-state index is -2.85. The summed E-state index contributed by atoms with van der Waals surface area (Å²) in [6, 6.07) is 10.1. The second kappa shape index (κ2) is 5.71. The lowest BCUT2D eigenvalue weighted by molar-refractivity contribution is 0.352. The summed E-state index contributed by atoms with van der Waals surface area (Å²) >= 11 is 0. The second-order valence-electron chi connectivity index (χ2n) is 5.03. The highest BCUT2D eigenvalue weighted by Crippen LogP contribution is 2.17. The molecule has 18 heavy (non-hydrogen) atoms. The molecule has 0 saturated carbocycles. The third-order valence-corrected chi connectivity index (χ3v) is 4.27. The van der Waals surface area contributed by atoms with Gasteiger partial charge in [0.2, 0.25) is 0 Å². The van der Waals surface area contributed by atoms with Gasteiger partial charge >= 0.3 is 0 Å². The molecule has 0 bridgehead atoms. The minimum absolute atomic E-state index is 0.289. The lowest BCUT2D eigenvalue weighted by atomic mass is 10.2. The van der Waals surface area contributed by atoms with Crippen molar-refractivity contribution in [2.75, 3.05) is 37.1 Å². The summed E-state index contributed by atoms with van der Waals surface area (Å²) in [4.78, 5) is 2.27. The molecule has 4 nitrogen and oxygen atoms in total. The van der Waals surface area contributed by atoms with Crippen molar-refractivity contribution in [3.63, 3.8) is 0 Å². The van der Waals surface area contributed by atoms with Crippen molar-refractivity contribution in [1.29, 1.82) is 0 Å². The van der Waals surface area contributed by atoms with Crippen LogP contribution in [0.25, 0.3) is 0 Å². The number of hydrogen-bond acceptors (Lipinski definition) is 4. The summed E-state index contributed by atoms with van der Waals surface area (Å²) < 4.78 is 22.5. The number of anilines is 1. The van der Waals surface area contributed by atoms with Crippen molar-refractivity contribution >= 4 is 15.5 Å². The Balaban J connectivity index is 1.76. The zero-order valence-corrected chi connectivity index (χ0v) is 11.5. The molecule has 1 saturated heterocycles. The second-order valence-corrected chi connectivity index (χ2v) is 7.21. The Labute approximate surface area is 109 Å². The van der Waals surface area contributed by atoms with Gasteiger partial charge in [0.05, 0.1) is 12.4 Å². The molecule has 1 aliphatic heterocycles. The van der Waals surface area contributed by atoms with Crippen molar-refractivity contribution in [1.82, 2.24) is 4.90 Å². The van der Waals surface area contributed by atoms with Gasteiger partial charge in [0.15, 0.2) is 0 Å². The molecule has 0 aromatic heterocycles. The first-order valence-electron chi connectivity index (χ1n) is 6.22. The van der Waals surface area contributed by atoms with E-state index in [-0.39, 0.29) is 5.92 Å². The van der Waals surface area contributed by atoms with Crippen molar-refractivity contribution in [2.24, 2.45) is 5.92 Å². The first kappa shape index (κ1) is 13.4. The Morgan fingerprint density at radius 1 is 1.33 bits per heavy atom. The van der Waals surface area contributed by atoms with Gasteiger partial charge in [0, 0.05) is 25.0 Å². The van der Waals surface area contributed by atoms with E-state index in [1.165, 1.54) is 6.26 Å². The maximum Gasteiger partial charge on any atom is 0.147 e. The predicted octanol–water partition coefficient (Wildman–Crippen LogP) is 1.42. The van der Waals surface area contributed by atoms with E-state index in [0.29, 0.717) is 5.75 Å². The Morgan fingerprint density at radius 3 is 2.72 bits per heavy atom. The van der Waals surface area contributed by atoms with E-state index in [1.807, 2.05) is 30.3 Å². The fraction of sp³-hybridized carbons (Fsp3) is 0.538. The molecule has 0 aliphatic carbocycles. The van der Waals surface area contributed by atoms with E-state index in [0.717, 1.165) is 31.9 Å². The fourth-order valence-electron chi connectivity index (χ4n) is 2.38. The van der Waals surface area contributed by atoms with E-state index in [1.54, 1.807) is 0 Å². The number of sulfone groups is 1. The average Bonchev–Trinajstić information content (AvgIpc) is 2.73. The topological polar surface area (TPSA) is 49.4 Å². The molecular weight excluding hydrogens is 248 g/mol. The summed E-state index contributed by atoms with van der Waals surface area (Å²) in [7, 11) is -2.85. The third kappa shape index (κ3) is 4.31. The van der Waals surface area contributed by atoms with Crippen LogP contribution in [0.4, 0.5) is 5.69 Å². The molecule has 100 valence electrons. The van der Waals surface area contributed by atoms with Gasteiger partial charge in [-0.3, -0.25) is 4.90 Å². The van der Waals surface area contributed by atoms with Crippen LogP contribution in [0, 0.1) is 5.92 Å². The average molecular weight is 268 g/mol. The molecule has 1 aromatic rings. The SMILES string of the molecule is CS(=O)(=O)CC1CCN(CNc2ccccc2)C1. The Morgan fingerprint density at radius 2 is 2.06 bits per heavy atom. The molecule has 1 aromatic carbocycles. The van der Waals surface area contributed by atoms with Crippen LogP contribution < -0.4 is 5.32 Å². The number of nitrogens with one attached hydrogen (secondary N) is 1. The maximum atomic E-state index is 11.2. The smallest absolute Gasteiger partial charge is 0.147 e. The number of likely N-dealkylation sites (tertiary alicyclic amines) is 1. The molecule has 0 spiro atoms. The highest BCUT2D eigenvalue weighted by Gasteiger charge is 2.24. The zero-order chi connectivity index (χ0) is 13.0. The van der Waals surface area contributed by atoms with Crippen molar-refractivity contribution in [2.45, 2.75) is 6.42 Å². The third-order valence-electron chi connectivity index (χ3n) is 3.19. The molecule has 1 aliphatic rings. The Bertz CT molecular complexity index is 473. The van der Waals surface area contributed by atoms with Crippen LogP contribution in [0.1, 0.15) is 6.42 Å². The lowest BCUT2D eigenvalue weighted by Crippen LogP contribution is -2.28. The molecular formula is C13H20N2O2S. The van der Waals surface area contributed by atoms with Gasteiger partial charge in [-0.05, 0) is 24.5 Å². The zero-order valence-electron chi connectivity index (χ0n) is 10.7. The standard InChI is InChI=1S/C13H20N2O2S/c1-18(16,17)10-12-7-8-15(9-12)11-14-13-5-3-2-4-6-13/h2-6,12,14H,7-11H2,1H3. The number of rotatable bonds is 5. The normalized spacial score (nSPS) is 21.1.